The number of amides is 1. The molecule has 0 radical (unpaired) electrons. The fraction of sp³-hybridized carbons (Fsp3) is 0.304. The molecule has 0 fully saturated rings. The third-order valence-electron chi connectivity index (χ3n) is 5.36. The second-order valence-electron chi connectivity index (χ2n) is 7.72. The Morgan fingerprint density at radius 1 is 1.13 bits per heavy atom. The number of likely N-dealkylation sites (N-methyl/N-ethyl adjacent to an activating group) is 1. The molecule has 0 bridgehead atoms. The first-order chi connectivity index (χ1) is 14.9. The molecule has 8 nitrogen and oxygen atoms in total. The molecule has 2 aromatic heterocycles. The van der Waals surface area contributed by atoms with Crippen molar-refractivity contribution in [3.63, 3.8) is 0 Å². The van der Waals surface area contributed by atoms with Crippen molar-refractivity contribution in [2.45, 2.75) is 40.0 Å². The zero-order valence-corrected chi connectivity index (χ0v) is 18.1. The molecule has 0 saturated carbocycles. The molecule has 3 heterocycles. The van der Waals surface area contributed by atoms with Crippen molar-refractivity contribution in [2.24, 2.45) is 0 Å². The number of pyridine rings is 1. The van der Waals surface area contributed by atoms with E-state index in [1.807, 2.05) is 37.9 Å². The maximum absolute atomic E-state index is 12.0. The molecule has 0 aliphatic carbocycles. The molecule has 3 aromatic rings. The summed E-state index contributed by atoms with van der Waals surface area (Å²) in [4.78, 5) is 27.4. The Morgan fingerprint density at radius 2 is 1.90 bits per heavy atom. The van der Waals surface area contributed by atoms with E-state index in [1.54, 1.807) is 6.20 Å². The van der Waals surface area contributed by atoms with Crippen LogP contribution >= 0.6 is 0 Å². The van der Waals surface area contributed by atoms with Crippen LogP contribution in [0, 0.1) is 13.8 Å². The van der Waals surface area contributed by atoms with Gasteiger partial charge in [0.2, 0.25) is 11.9 Å². The van der Waals surface area contributed by atoms with Crippen LogP contribution in [0.15, 0.2) is 42.6 Å². The van der Waals surface area contributed by atoms with Crippen LogP contribution in [0.25, 0.3) is 0 Å². The Bertz CT molecular complexity index is 1080. The molecular formula is C23H26N6O2. The van der Waals surface area contributed by atoms with Crippen molar-refractivity contribution in [3.05, 3.63) is 65.1 Å². The third-order valence-corrected chi connectivity index (χ3v) is 5.36. The highest BCUT2D eigenvalue weighted by Crippen LogP contribution is 2.32. The van der Waals surface area contributed by atoms with Gasteiger partial charge >= 0.3 is 0 Å². The predicted octanol–water partition coefficient (Wildman–Crippen LogP) is 3.46. The monoisotopic (exact) mass is 418 g/mol. The number of nitrogens with zero attached hydrogens (tertiary/aromatic N) is 4. The van der Waals surface area contributed by atoms with Gasteiger partial charge in [-0.25, -0.2) is 4.98 Å². The van der Waals surface area contributed by atoms with E-state index in [2.05, 4.69) is 56.8 Å². The number of benzene rings is 1. The second-order valence-corrected chi connectivity index (χ2v) is 7.72. The quantitative estimate of drug-likeness (QED) is 0.633. The van der Waals surface area contributed by atoms with Crippen LogP contribution in [-0.4, -0.2) is 33.9 Å². The van der Waals surface area contributed by atoms with Gasteiger partial charge in [-0.15, -0.1) is 0 Å². The molecule has 1 aromatic carbocycles. The summed E-state index contributed by atoms with van der Waals surface area (Å²) in [7, 11) is 1.86. The van der Waals surface area contributed by atoms with E-state index in [4.69, 9.17) is 4.74 Å². The van der Waals surface area contributed by atoms with E-state index in [0.717, 1.165) is 17.0 Å². The average Bonchev–Trinajstić information content (AvgIpc) is 2.77. The van der Waals surface area contributed by atoms with Crippen molar-refractivity contribution < 1.29 is 9.53 Å². The summed E-state index contributed by atoms with van der Waals surface area (Å²) in [5.41, 5.74) is 4.56. The lowest BCUT2D eigenvalue weighted by molar-refractivity contribution is -0.117. The van der Waals surface area contributed by atoms with Gasteiger partial charge in [-0.05, 0) is 38.5 Å². The average molecular weight is 419 g/mol. The molecule has 4 rings (SSSR count). The first-order valence-corrected chi connectivity index (χ1v) is 10.2. The Balaban J connectivity index is 1.38. The van der Waals surface area contributed by atoms with Gasteiger partial charge in [0.25, 0.3) is 0 Å². The van der Waals surface area contributed by atoms with Gasteiger partial charge < -0.3 is 20.3 Å². The maximum Gasteiger partial charge on any atom is 0.246 e. The van der Waals surface area contributed by atoms with Crippen LogP contribution in [0.5, 0.6) is 5.75 Å². The van der Waals surface area contributed by atoms with Gasteiger partial charge in [-0.2, -0.15) is 4.98 Å². The Kier molecular flexibility index (Phi) is 5.70. The van der Waals surface area contributed by atoms with Gasteiger partial charge in [0.1, 0.15) is 24.1 Å². The van der Waals surface area contributed by atoms with Crippen molar-refractivity contribution >= 4 is 23.4 Å². The van der Waals surface area contributed by atoms with Crippen molar-refractivity contribution in [1.29, 1.82) is 0 Å². The second kappa shape index (κ2) is 8.59. The molecular weight excluding hydrogens is 392 g/mol. The smallest absolute Gasteiger partial charge is 0.246 e. The standard InChI is InChI=1S/C23H26N6O2/c1-14-5-7-17(8-6-14)13-31-19-10-9-18(24-12-19)11-25-23-26-15(2)20-21(28-23)29(4)16(3)22(30)27-20/h5-10,12,16H,11,13H2,1-4H3,(H,27,30)(H,25,26,28)/t16-/m0/s1. The van der Waals surface area contributed by atoms with Gasteiger partial charge in [0.05, 0.1) is 24.1 Å². The molecule has 1 atom stereocenters. The van der Waals surface area contributed by atoms with Crippen LogP contribution in [0.4, 0.5) is 17.5 Å². The van der Waals surface area contributed by atoms with Gasteiger partial charge in [-0.3, -0.25) is 9.78 Å². The van der Waals surface area contributed by atoms with E-state index >= 15 is 0 Å². The van der Waals surface area contributed by atoms with Crippen LogP contribution < -0.4 is 20.3 Å². The largest absolute Gasteiger partial charge is 0.487 e. The molecule has 1 amide bonds. The first-order valence-electron chi connectivity index (χ1n) is 10.2. The van der Waals surface area contributed by atoms with E-state index < -0.39 is 0 Å². The zero-order valence-electron chi connectivity index (χ0n) is 18.1. The Morgan fingerprint density at radius 3 is 2.61 bits per heavy atom. The molecule has 31 heavy (non-hydrogen) atoms. The molecule has 1 aliphatic heterocycles. The number of rotatable bonds is 6. The Labute approximate surface area is 181 Å². The summed E-state index contributed by atoms with van der Waals surface area (Å²) < 4.78 is 5.81. The SMILES string of the molecule is Cc1ccc(COc2ccc(CNc3nc(C)c4c(n3)N(C)[C@@H](C)C(=O)N4)nc2)cc1. The fourth-order valence-corrected chi connectivity index (χ4v) is 3.25. The lowest BCUT2D eigenvalue weighted by atomic mass is 10.2. The van der Waals surface area contributed by atoms with Crippen LogP contribution in [0.2, 0.25) is 0 Å². The van der Waals surface area contributed by atoms with Crippen molar-refractivity contribution in [2.75, 3.05) is 22.6 Å². The van der Waals surface area contributed by atoms with E-state index in [-0.39, 0.29) is 11.9 Å². The van der Waals surface area contributed by atoms with Gasteiger partial charge in [-0.1, -0.05) is 29.8 Å². The summed E-state index contributed by atoms with van der Waals surface area (Å²) in [6.07, 6.45) is 1.72. The van der Waals surface area contributed by atoms with Crippen LogP contribution in [0.1, 0.15) is 29.4 Å². The predicted molar refractivity (Wildman–Crippen MR) is 120 cm³/mol. The topological polar surface area (TPSA) is 92.3 Å². The number of aromatic nitrogens is 3. The molecule has 0 unspecified atom stereocenters. The summed E-state index contributed by atoms with van der Waals surface area (Å²) in [5.74, 6) is 1.86. The van der Waals surface area contributed by atoms with E-state index in [0.29, 0.717) is 36.3 Å². The minimum atomic E-state index is -0.288. The maximum atomic E-state index is 12.0. The molecule has 1 aliphatic rings. The fourth-order valence-electron chi connectivity index (χ4n) is 3.25. The summed E-state index contributed by atoms with van der Waals surface area (Å²) >= 11 is 0. The van der Waals surface area contributed by atoms with Crippen LogP contribution in [-0.2, 0) is 17.9 Å². The van der Waals surface area contributed by atoms with Gasteiger partial charge in [0, 0.05) is 7.05 Å². The highest BCUT2D eigenvalue weighted by atomic mass is 16.5. The van der Waals surface area contributed by atoms with E-state index in [9.17, 15) is 4.79 Å². The number of carbonyl (C=O) groups is 1. The molecule has 0 saturated heterocycles. The minimum Gasteiger partial charge on any atom is -0.487 e. The highest BCUT2D eigenvalue weighted by Gasteiger charge is 2.30. The molecule has 2 N–H and O–H groups in total. The number of carbonyl (C=O) groups excluding carboxylic acids is 1. The van der Waals surface area contributed by atoms with Crippen molar-refractivity contribution in [3.8, 4) is 5.75 Å². The number of anilines is 3. The van der Waals surface area contributed by atoms with Crippen LogP contribution in [0.3, 0.4) is 0 Å². The minimum absolute atomic E-state index is 0.0590. The first kappa shape index (κ1) is 20.6. The summed E-state index contributed by atoms with van der Waals surface area (Å²) in [6, 6.07) is 11.8. The number of nitrogens with one attached hydrogen (secondary N) is 2. The lowest BCUT2D eigenvalue weighted by Gasteiger charge is -2.32. The highest BCUT2D eigenvalue weighted by molar-refractivity contribution is 6.03. The zero-order chi connectivity index (χ0) is 22.0. The number of ether oxygens (including phenoxy) is 1. The molecule has 160 valence electrons. The number of aryl methyl sites for hydroxylation is 2. The normalized spacial score (nSPS) is 15.3. The third kappa shape index (κ3) is 4.58. The molecule has 8 heteroatoms. The Hall–Kier alpha value is -3.68. The molecule has 0 spiro atoms. The van der Waals surface area contributed by atoms with E-state index in [1.165, 1.54) is 5.56 Å². The number of hydrogen-bond acceptors (Lipinski definition) is 7. The van der Waals surface area contributed by atoms with Crippen molar-refractivity contribution in [1.82, 2.24) is 15.0 Å². The summed E-state index contributed by atoms with van der Waals surface area (Å²) in [6.45, 7) is 6.74. The number of hydrogen-bond donors (Lipinski definition) is 2. The summed E-state index contributed by atoms with van der Waals surface area (Å²) in [5, 5.41) is 6.10. The van der Waals surface area contributed by atoms with Gasteiger partial charge in [0.15, 0.2) is 5.82 Å². The lowest BCUT2D eigenvalue weighted by Crippen LogP contribution is -2.44. The number of fused-ring (bicyclic) bond motifs is 1.